The zero-order chi connectivity index (χ0) is 13.3. The fourth-order valence-corrected chi connectivity index (χ4v) is 2.54. The number of aromatic nitrogens is 2. The van der Waals surface area contributed by atoms with Crippen LogP contribution in [0.25, 0.3) is 5.65 Å². The summed E-state index contributed by atoms with van der Waals surface area (Å²) in [6, 6.07) is 3.89. The summed E-state index contributed by atoms with van der Waals surface area (Å²) < 4.78 is 17.7. The molecule has 0 aliphatic rings. The summed E-state index contributed by atoms with van der Waals surface area (Å²) >= 11 is 2.36. The molecule has 18 heavy (non-hydrogen) atoms. The van der Waals surface area contributed by atoms with Crippen molar-refractivity contribution >= 4 is 32.9 Å². The van der Waals surface area contributed by atoms with Crippen LogP contribution < -0.4 is 4.72 Å². The quantitative estimate of drug-likeness (QED) is 0.881. The molecule has 2 aromatic rings. The summed E-state index contributed by atoms with van der Waals surface area (Å²) in [5.74, 6) is 0. The van der Waals surface area contributed by atoms with Crippen LogP contribution in [-0.2, 0) is 17.9 Å². The second-order valence-electron chi connectivity index (χ2n) is 5.03. The van der Waals surface area contributed by atoms with Crippen molar-refractivity contribution in [2.75, 3.05) is 0 Å². The normalized spacial score (nSPS) is 14.1. The van der Waals surface area contributed by atoms with Crippen molar-refractivity contribution in [3.8, 4) is 0 Å². The monoisotopic (exact) mass is 329 g/mol. The maximum Gasteiger partial charge on any atom is 0.136 e. The summed E-state index contributed by atoms with van der Waals surface area (Å²) in [5, 5.41) is 0. The number of fused-ring (bicyclic) bond motifs is 1. The van der Waals surface area contributed by atoms with Gasteiger partial charge in [0.05, 0.1) is 18.4 Å². The van der Waals surface area contributed by atoms with E-state index in [2.05, 4.69) is 25.6 Å². The van der Waals surface area contributed by atoms with E-state index in [9.17, 15) is 4.55 Å². The second kappa shape index (κ2) is 5.21. The van der Waals surface area contributed by atoms with E-state index in [0.717, 1.165) is 15.8 Å². The predicted molar refractivity (Wildman–Crippen MR) is 77.6 cm³/mol. The average Bonchev–Trinajstić information content (AvgIpc) is 2.67. The summed E-state index contributed by atoms with van der Waals surface area (Å²) in [6.07, 6.45) is 3.76. The molecule has 0 fully saturated rings. The minimum absolute atomic E-state index is 0.263. The van der Waals surface area contributed by atoms with Gasteiger partial charge in [-0.3, -0.25) is 0 Å². The van der Waals surface area contributed by atoms with E-state index < -0.39 is 11.4 Å². The Morgan fingerprint density at radius 2 is 2.17 bits per heavy atom. The highest BCUT2D eigenvalue weighted by atomic mass is 79.9. The second-order valence-corrected chi connectivity index (χ2v) is 7.99. The van der Waals surface area contributed by atoms with Crippen LogP contribution in [0.5, 0.6) is 0 Å². The topological polar surface area (TPSA) is 52.4 Å². The van der Waals surface area contributed by atoms with Crippen molar-refractivity contribution in [3.63, 3.8) is 0 Å². The highest BCUT2D eigenvalue weighted by Crippen LogP contribution is 2.16. The van der Waals surface area contributed by atoms with Gasteiger partial charge in [-0.1, -0.05) is 0 Å². The van der Waals surface area contributed by atoms with Crippen molar-refractivity contribution < 1.29 is 4.55 Å². The molecule has 0 radical (unpaired) electrons. The van der Waals surface area contributed by atoms with Gasteiger partial charge in [0.2, 0.25) is 0 Å². The molecular formula is C12H16BrN3OS. The number of hydrogen-bond donors (Lipinski definition) is 1. The maximum atomic E-state index is 11.9. The molecule has 0 bridgehead atoms. The molecule has 0 aliphatic carbocycles. The first-order chi connectivity index (χ1) is 8.38. The number of halogens is 1. The first-order valence-electron chi connectivity index (χ1n) is 5.65. The van der Waals surface area contributed by atoms with Gasteiger partial charge in [0.25, 0.3) is 0 Å². The third kappa shape index (κ3) is 3.06. The molecule has 1 N–H and O–H groups in total. The lowest BCUT2D eigenvalue weighted by molar-refractivity contribution is 0.543. The molecule has 0 aromatic carbocycles. The van der Waals surface area contributed by atoms with Gasteiger partial charge in [-0.25, -0.2) is 4.98 Å². The molecule has 98 valence electrons. The lowest BCUT2D eigenvalue weighted by atomic mass is 10.3. The summed E-state index contributed by atoms with van der Waals surface area (Å²) in [7, 11) is 0. The Labute approximate surface area is 118 Å². The Bertz CT molecular complexity index is 550. The molecule has 0 unspecified atom stereocenters. The molecule has 2 heterocycles. The van der Waals surface area contributed by atoms with Gasteiger partial charge < -0.3 is 8.95 Å². The van der Waals surface area contributed by atoms with E-state index in [0.29, 0.717) is 6.54 Å². The minimum atomic E-state index is -1.07. The molecule has 1 atom stereocenters. The van der Waals surface area contributed by atoms with E-state index in [4.69, 9.17) is 0 Å². The molecule has 0 aliphatic heterocycles. The van der Waals surface area contributed by atoms with Crippen LogP contribution in [-0.4, -0.2) is 18.7 Å². The van der Waals surface area contributed by atoms with Gasteiger partial charge in [-0.2, -0.15) is 0 Å². The number of rotatable bonds is 3. The van der Waals surface area contributed by atoms with Crippen molar-refractivity contribution in [2.24, 2.45) is 0 Å². The fraction of sp³-hybridized carbons (Fsp3) is 0.417. The lowest BCUT2D eigenvalue weighted by Crippen LogP contribution is -2.39. The Morgan fingerprint density at radius 3 is 2.83 bits per heavy atom. The number of pyridine rings is 1. The number of imidazole rings is 1. The first-order valence-corrected chi connectivity index (χ1v) is 7.59. The molecule has 0 spiro atoms. The van der Waals surface area contributed by atoms with Crippen molar-refractivity contribution in [2.45, 2.75) is 32.1 Å². The van der Waals surface area contributed by atoms with Crippen LogP contribution >= 0.6 is 15.9 Å². The van der Waals surface area contributed by atoms with Crippen molar-refractivity contribution in [1.82, 2.24) is 14.1 Å². The third-order valence-electron chi connectivity index (χ3n) is 2.49. The summed E-state index contributed by atoms with van der Waals surface area (Å²) in [5.41, 5.74) is 1.88. The summed E-state index contributed by atoms with van der Waals surface area (Å²) in [6.45, 7) is 6.37. The van der Waals surface area contributed by atoms with Gasteiger partial charge in [-0.05, 0) is 48.8 Å². The standard InChI is InChI=1S/C12H16BrN3OS/c1-12(2,3)18(17)15-7-10-6-14-11-5-4-9(13)8-16(10)11/h4-6,8,15H,7H2,1-3H3/t18-/m1/s1. The molecule has 6 heteroatoms. The lowest BCUT2D eigenvalue weighted by Gasteiger charge is -2.23. The van der Waals surface area contributed by atoms with Gasteiger partial charge >= 0.3 is 0 Å². The van der Waals surface area contributed by atoms with Crippen LogP contribution in [0.1, 0.15) is 26.5 Å². The van der Waals surface area contributed by atoms with Gasteiger partial charge in [0, 0.05) is 22.0 Å². The number of nitrogens with one attached hydrogen (secondary N) is 1. The number of nitrogens with zero attached hydrogens (tertiary/aromatic N) is 2. The van der Waals surface area contributed by atoms with E-state index in [1.54, 1.807) is 6.20 Å². The third-order valence-corrected chi connectivity index (χ3v) is 4.47. The van der Waals surface area contributed by atoms with Crippen LogP contribution in [0.3, 0.4) is 0 Å². The first kappa shape index (κ1) is 13.9. The molecule has 2 aromatic heterocycles. The molecule has 4 nitrogen and oxygen atoms in total. The Balaban J connectivity index is 2.15. The van der Waals surface area contributed by atoms with Gasteiger partial charge in [0.1, 0.15) is 10.4 Å². The molecule has 0 saturated carbocycles. The van der Waals surface area contributed by atoms with E-state index in [1.807, 2.05) is 43.5 Å². The highest BCUT2D eigenvalue weighted by Gasteiger charge is 2.26. The molecular weight excluding hydrogens is 314 g/mol. The zero-order valence-electron chi connectivity index (χ0n) is 10.6. The maximum absolute atomic E-state index is 11.9. The Morgan fingerprint density at radius 1 is 1.44 bits per heavy atom. The fourth-order valence-electron chi connectivity index (χ4n) is 1.49. The molecule has 0 saturated heterocycles. The molecule has 0 amide bonds. The smallest absolute Gasteiger partial charge is 0.136 e. The van der Waals surface area contributed by atoms with E-state index in [-0.39, 0.29) is 4.75 Å². The molecule has 2 rings (SSSR count). The Kier molecular flexibility index (Phi) is 4.01. The SMILES string of the molecule is CC(C)(C)[S@@+]([O-])NCc1cnc2ccc(Br)cn12. The van der Waals surface area contributed by atoms with Gasteiger partial charge in [0.15, 0.2) is 0 Å². The highest BCUT2D eigenvalue weighted by molar-refractivity contribution is 9.10. The van der Waals surface area contributed by atoms with Crippen LogP contribution in [0.2, 0.25) is 0 Å². The predicted octanol–water partition coefficient (Wildman–Crippen LogP) is 2.65. The van der Waals surface area contributed by atoms with Crippen LogP contribution in [0.15, 0.2) is 29.0 Å². The average molecular weight is 330 g/mol. The largest absolute Gasteiger partial charge is 0.598 e. The van der Waals surface area contributed by atoms with E-state index in [1.165, 1.54) is 0 Å². The minimum Gasteiger partial charge on any atom is -0.598 e. The summed E-state index contributed by atoms with van der Waals surface area (Å²) in [4.78, 5) is 4.30. The van der Waals surface area contributed by atoms with Crippen molar-refractivity contribution in [1.29, 1.82) is 0 Å². The van der Waals surface area contributed by atoms with Crippen molar-refractivity contribution in [3.05, 3.63) is 34.7 Å². The van der Waals surface area contributed by atoms with Crippen LogP contribution in [0.4, 0.5) is 0 Å². The zero-order valence-corrected chi connectivity index (χ0v) is 13.0. The van der Waals surface area contributed by atoms with Crippen LogP contribution in [0, 0.1) is 0 Å². The van der Waals surface area contributed by atoms with E-state index >= 15 is 0 Å². The number of hydrogen-bond acceptors (Lipinski definition) is 3. The Hall–Kier alpha value is -0.560. The van der Waals surface area contributed by atoms with Gasteiger partial charge in [-0.15, -0.1) is 4.72 Å².